The second kappa shape index (κ2) is 8.05. The van der Waals surface area contributed by atoms with Gasteiger partial charge >= 0.3 is 0 Å². The average Bonchev–Trinajstić information content (AvgIpc) is 2.99. The van der Waals surface area contributed by atoms with Crippen LogP contribution < -0.4 is 9.47 Å². The Hall–Kier alpha value is -1.50. The molecule has 0 radical (unpaired) electrons. The van der Waals surface area contributed by atoms with Crippen LogP contribution in [0.3, 0.4) is 0 Å². The van der Waals surface area contributed by atoms with Crippen molar-refractivity contribution in [1.29, 1.82) is 0 Å². The van der Waals surface area contributed by atoms with E-state index in [0.29, 0.717) is 18.9 Å². The number of rotatable bonds is 4. The van der Waals surface area contributed by atoms with E-state index in [9.17, 15) is 4.79 Å². The molecule has 24 heavy (non-hydrogen) atoms. The van der Waals surface area contributed by atoms with E-state index in [1.807, 2.05) is 17.0 Å². The predicted octanol–water partition coefficient (Wildman–Crippen LogP) is 1.78. The van der Waals surface area contributed by atoms with Crippen molar-refractivity contribution >= 4 is 18.3 Å². The summed E-state index contributed by atoms with van der Waals surface area (Å²) in [6.07, 6.45) is 1.72. The lowest BCUT2D eigenvalue weighted by Crippen LogP contribution is -2.55. The molecule has 7 heteroatoms. The van der Waals surface area contributed by atoms with Gasteiger partial charge in [-0.05, 0) is 31.3 Å². The molecule has 2 saturated heterocycles. The molecule has 6 nitrogen and oxygen atoms in total. The number of carbonyl (C=O) groups is 1. The van der Waals surface area contributed by atoms with E-state index in [4.69, 9.17) is 14.2 Å². The third-order valence-electron chi connectivity index (χ3n) is 4.67. The van der Waals surface area contributed by atoms with Crippen molar-refractivity contribution in [2.24, 2.45) is 0 Å². The SMILES string of the molecule is COc1ccc(OCC(=O)N2CCOC23CCN(C)CC3)cc1.Cl. The Morgan fingerprint density at radius 3 is 2.42 bits per heavy atom. The number of methoxy groups -OCH3 is 1. The van der Waals surface area contributed by atoms with Crippen LogP contribution in [0.5, 0.6) is 11.5 Å². The van der Waals surface area contributed by atoms with Crippen LogP contribution in [0.2, 0.25) is 0 Å². The maximum absolute atomic E-state index is 12.6. The molecule has 1 amide bonds. The van der Waals surface area contributed by atoms with Gasteiger partial charge in [-0.3, -0.25) is 4.79 Å². The third kappa shape index (κ3) is 3.94. The van der Waals surface area contributed by atoms with Gasteiger partial charge in [-0.1, -0.05) is 0 Å². The fraction of sp³-hybridized carbons (Fsp3) is 0.588. The van der Waals surface area contributed by atoms with Gasteiger partial charge in [0.15, 0.2) is 6.61 Å². The first-order chi connectivity index (χ1) is 11.1. The normalized spacial score (nSPS) is 19.8. The smallest absolute Gasteiger partial charge is 0.262 e. The van der Waals surface area contributed by atoms with Crippen LogP contribution in [-0.2, 0) is 9.53 Å². The first-order valence-electron chi connectivity index (χ1n) is 8.03. The number of likely N-dealkylation sites (tertiary alicyclic amines) is 1. The minimum Gasteiger partial charge on any atom is -0.497 e. The topological polar surface area (TPSA) is 51.2 Å². The molecule has 0 aliphatic carbocycles. The Labute approximate surface area is 149 Å². The van der Waals surface area contributed by atoms with Gasteiger partial charge in [0, 0.05) is 32.5 Å². The van der Waals surface area contributed by atoms with Crippen molar-refractivity contribution < 1.29 is 19.0 Å². The highest BCUT2D eigenvalue weighted by Gasteiger charge is 2.46. The van der Waals surface area contributed by atoms with Gasteiger partial charge in [0.1, 0.15) is 17.2 Å². The molecule has 0 unspecified atom stereocenters. The van der Waals surface area contributed by atoms with E-state index < -0.39 is 5.72 Å². The van der Waals surface area contributed by atoms with Gasteiger partial charge in [-0.2, -0.15) is 0 Å². The Bertz CT molecular complexity index is 544. The molecular formula is C17H25ClN2O4. The monoisotopic (exact) mass is 356 g/mol. The standard InChI is InChI=1S/C17H24N2O4.ClH/c1-18-9-7-17(8-10-18)19(11-12-23-17)16(20)13-22-15-5-3-14(21-2)4-6-15;/h3-6H,7-13H2,1-2H3;1H. The first kappa shape index (κ1) is 18.8. The molecule has 1 aromatic carbocycles. The molecule has 0 aromatic heterocycles. The maximum atomic E-state index is 12.6. The Morgan fingerprint density at radius 2 is 1.79 bits per heavy atom. The number of benzene rings is 1. The fourth-order valence-corrected chi connectivity index (χ4v) is 3.24. The quantitative estimate of drug-likeness (QED) is 0.823. The van der Waals surface area contributed by atoms with Crippen molar-refractivity contribution in [3.05, 3.63) is 24.3 Å². The van der Waals surface area contributed by atoms with E-state index in [1.54, 1.807) is 19.2 Å². The van der Waals surface area contributed by atoms with Gasteiger partial charge in [0.25, 0.3) is 5.91 Å². The van der Waals surface area contributed by atoms with Crippen LogP contribution in [0, 0.1) is 0 Å². The van der Waals surface area contributed by atoms with E-state index in [2.05, 4.69) is 11.9 Å². The Morgan fingerprint density at radius 1 is 1.17 bits per heavy atom. The lowest BCUT2D eigenvalue weighted by Gasteiger charge is -2.42. The first-order valence-corrected chi connectivity index (χ1v) is 8.03. The van der Waals surface area contributed by atoms with Crippen LogP contribution in [-0.4, -0.2) is 68.4 Å². The minimum absolute atomic E-state index is 0. The molecule has 3 rings (SSSR count). The van der Waals surface area contributed by atoms with Crippen molar-refractivity contribution in [1.82, 2.24) is 9.80 Å². The lowest BCUT2D eigenvalue weighted by molar-refractivity contribution is -0.159. The van der Waals surface area contributed by atoms with Gasteiger partial charge in [-0.25, -0.2) is 0 Å². The van der Waals surface area contributed by atoms with Crippen molar-refractivity contribution in [2.75, 3.05) is 47.0 Å². The number of ether oxygens (including phenoxy) is 3. The zero-order chi connectivity index (χ0) is 16.3. The Balaban J connectivity index is 0.00000208. The summed E-state index contributed by atoms with van der Waals surface area (Å²) in [7, 11) is 3.72. The molecule has 0 saturated carbocycles. The summed E-state index contributed by atoms with van der Waals surface area (Å²) in [4.78, 5) is 16.7. The zero-order valence-electron chi connectivity index (χ0n) is 14.2. The molecule has 2 heterocycles. The molecule has 2 aliphatic heterocycles. The summed E-state index contributed by atoms with van der Waals surface area (Å²) in [5.74, 6) is 1.42. The zero-order valence-corrected chi connectivity index (χ0v) is 15.0. The fourth-order valence-electron chi connectivity index (χ4n) is 3.24. The summed E-state index contributed by atoms with van der Waals surface area (Å²) < 4.78 is 16.7. The number of hydrogen-bond donors (Lipinski definition) is 0. The van der Waals surface area contributed by atoms with Gasteiger partial charge in [0.2, 0.25) is 0 Å². The highest BCUT2D eigenvalue weighted by molar-refractivity contribution is 5.85. The van der Waals surface area contributed by atoms with E-state index >= 15 is 0 Å². The van der Waals surface area contributed by atoms with Crippen molar-refractivity contribution in [3.63, 3.8) is 0 Å². The molecule has 0 atom stereocenters. The molecule has 1 spiro atoms. The summed E-state index contributed by atoms with van der Waals surface area (Å²) in [6.45, 7) is 3.19. The van der Waals surface area contributed by atoms with Crippen LogP contribution >= 0.6 is 12.4 Å². The number of halogens is 1. The van der Waals surface area contributed by atoms with Crippen molar-refractivity contribution in [2.45, 2.75) is 18.6 Å². The summed E-state index contributed by atoms with van der Waals surface area (Å²) in [5.41, 5.74) is -0.424. The molecule has 1 aromatic rings. The summed E-state index contributed by atoms with van der Waals surface area (Å²) in [6, 6.07) is 7.24. The molecule has 0 N–H and O–H groups in total. The van der Waals surface area contributed by atoms with Gasteiger partial charge in [0.05, 0.1) is 13.7 Å². The largest absolute Gasteiger partial charge is 0.497 e. The summed E-state index contributed by atoms with van der Waals surface area (Å²) in [5, 5.41) is 0. The lowest BCUT2D eigenvalue weighted by atomic mass is 9.99. The van der Waals surface area contributed by atoms with E-state index in [-0.39, 0.29) is 24.9 Å². The number of piperidine rings is 1. The highest BCUT2D eigenvalue weighted by Crippen LogP contribution is 2.34. The van der Waals surface area contributed by atoms with Crippen LogP contribution in [0.15, 0.2) is 24.3 Å². The number of carbonyl (C=O) groups excluding carboxylic acids is 1. The van der Waals surface area contributed by atoms with Crippen LogP contribution in [0.1, 0.15) is 12.8 Å². The van der Waals surface area contributed by atoms with Crippen LogP contribution in [0.4, 0.5) is 0 Å². The molecule has 2 fully saturated rings. The third-order valence-corrected chi connectivity index (χ3v) is 4.67. The number of nitrogens with zero attached hydrogens (tertiary/aromatic N) is 2. The average molecular weight is 357 g/mol. The number of amides is 1. The number of hydrogen-bond acceptors (Lipinski definition) is 5. The highest BCUT2D eigenvalue weighted by atomic mass is 35.5. The van der Waals surface area contributed by atoms with Gasteiger partial charge < -0.3 is 24.0 Å². The minimum atomic E-state index is -0.424. The Kier molecular flexibility index (Phi) is 6.32. The maximum Gasteiger partial charge on any atom is 0.262 e. The molecular weight excluding hydrogens is 332 g/mol. The molecule has 0 bridgehead atoms. The van der Waals surface area contributed by atoms with Crippen LogP contribution in [0.25, 0.3) is 0 Å². The van der Waals surface area contributed by atoms with Crippen molar-refractivity contribution in [3.8, 4) is 11.5 Å². The second-order valence-corrected chi connectivity index (χ2v) is 6.11. The van der Waals surface area contributed by atoms with Gasteiger partial charge in [-0.15, -0.1) is 12.4 Å². The second-order valence-electron chi connectivity index (χ2n) is 6.11. The van der Waals surface area contributed by atoms with E-state index in [1.165, 1.54) is 0 Å². The van der Waals surface area contributed by atoms with E-state index in [0.717, 1.165) is 31.7 Å². The molecule has 134 valence electrons. The molecule has 2 aliphatic rings. The summed E-state index contributed by atoms with van der Waals surface area (Å²) >= 11 is 0. The predicted molar refractivity (Wildman–Crippen MR) is 92.9 cm³/mol.